The molecule has 1 amide bonds. The van der Waals surface area contributed by atoms with E-state index in [9.17, 15) is 24.8 Å². The highest BCUT2D eigenvalue weighted by Crippen LogP contribution is 2.51. The summed E-state index contributed by atoms with van der Waals surface area (Å²) in [6.07, 6.45) is 4.88. The van der Waals surface area contributed by atoms with Gasteiger partial charge in [0.1, 0.15) is 5.75 Å². The van der Waals surface area contributed by atoms with Crippen molar-refractivity contribution in [1.82, 2.24) is 9.47 Å². The Kier molecular flexibility index (Phi) is 6.55. The van der Waals surface area contributed by atoms with Crippen molar-refractivity contribution in [3.63, 3.8) is 0 Å². The van der Waals surface area contributed by atoms with Crippen LogP contribution in [0.3, 0.4) is 0 Å². The summed E-state index contributed by atoms with van der Waals surface area (Å²) in [5.41, 5.74) is -0.170. The van der Waals surface area contributed by atoms with Gasteiger partial charge in [0.15, 0.2) is 0 Å². The molecule has 1 saturated carbocycles. The van der Waals surface area contributed by atoms with Crippen molar-refractivity contribution in [2.75, 3.05) is 13.1 Å². The lowest BCUT2D eigenvalue weighted by Crippen LogP contribution is -2.62. The number of ether oxygens (including phenoxy) is 1. The number of aromatic nitrogens is 1. The van der Waals surface area contributed by atoms with Gasteiger partial charge in [0.25, 0.3) is 11.2 Å². The molecule has 2 fully saturated rings. The zero-order valence-electron chi connectivity index (χ0n) is 20.4. The molecular formula is C28H29N3O6. The number of carbonyl (C=O) groups excluding carboxylic acids is 1. The molecule has 0 bridgehead atoms. The third kappa shape index (κ3) is 4.86. The second-order valence-electron chi connectivity index (χ2n) is 10.1. The maximum atomic E-state index is 13.0. The number of likely N-dealkylation sites (tertiary alicyclic amines) is 1. The number of pyridine rings is 1. The summed E-state index contributed by atoms with van der Waals surface area (Å²) < 4.78 is 7.05. The van der Waals surface area contributed by atoms with E-state index in [4.69, 9.17) is 4.74 Å². The maximum absolute atomic E-state index is 13.0. The number of non-ortho nitro benzene ring substituents is 1. The number of nitro groups is 1. The minimum atomic E-state index is -1.15. The number of benzene rings is 2. The molecule has 9 nitrogen and oxygen atoms in total. The Hall–Kier alpha value is -3.98. The first-order valence-electron chi connectivity index (χ1n) is 12.5. The summed E-state index contributed by atoms with van der Waals surface area (Å²) in [5, 5.41) is 22.8. The number of amides is 1. The van der Waals surface area contributed by atoms with E-state index in [1.165, 1.54) is 24.3 Å². The minimum Gasteiger partial charge on any atom is -0.410 e. The number of rotatable bonds is 5. The van der Waals surface area contributed by atoms with Crippen molar-refractivity contribution < 1.29 is 19.6 Å². The maximum Gasteiger partial charge on any atom is 0.415 e. The zero-order chi connectivity index (χ0) is 26.0. The first-order valence-corrected chi connectivity index (χ1v) is 12.5. The Balaban J connectivity index is 1.32. The quantitative estimate of drug-likeness (QED) is 0.401. The SMILES string of the molecule is O=C(Oc1ccc([N+](=O)[O-])cc1)N1CCC(O)(Cn2ccc(-c3ccccc3)cc2=O)C2(CCCC2)C1. The molecule has 2 aromatic carbocycles. The van der Waals surface area contributed by atoms with Crippen LogP contribution >= 0.6 is 0 Å². The third-order valence-electron chi connectivity index (χ3n) is 7.88. The minimum absolute atomic E-state index is 0.0835. The first-order chi connectivity index (χ1) is 17.8. The number of nitrogens with zero attached hydrogens (tertiary/aromatic N) is 3. The Morgan fingerprint density at radius 1 is 1.00 bits per heavy atom. The summed E-state index contributed by atoms with van der Waals surface area (Å²) in [4.78, 5) is 37.9. The van der Waals surface area contributed by atoms with Crippen molar-refractivity contribution >= 4 is 11.8 Å². The van der Waals surface area contributed by atoms with Crippen LogP contribution in [0.2, 0.25) is 0 Å². The van der Waals surface area contributed by atoms with Gasteiger partial charge in [0, 0.05) is 42.9 Å². The van der Waals surface area contributed by atoms with Gasteiger partial charge in [-0.3, -0.25) is 14.9 Å². The van der Waals surface area contributed by atoms with E-state index in [0.717, 1.165) is 36.8 Å². The first kappa shape index (κ1) is 24.7. The summed E-state index contributed by atoms with van der Waals surface area (Å²) in [7, 11) is 0. The van der Waals surface area contributed by atoms with E-state index in [-0.39, 0.29) is 30.1 Å². The molecule has 1 saturated heterocycles. The highest BCUT2D eigenvalue weighted by atomic mass is 16.6. The van der Waals surface area contributed by atoms with Gasteiger partial charge in [0.05, 0.1) is 17.1 Å². The second kappa shape index (κ2) is 9.82. The predicted molar refractivity (Wildman–Crippen MR) is 137 cm³/mol. The molecule has 2 heterocycles. The van der Waals surface area contributed by atoms with Gasteiger partial charge in [-0.15, -0.1) is 0 Å². The molecule has 0 radical (unpaired) electrons. The van der Waals surface area contributed by atoms with E-state index >= 15 is 0 Å². The van der Waals surface area contributed by atoms with Crippen LogP contribution in [0.25, 0.3) is 11.1 Å². The number of carbonyl (C=O) groups is 1. The molecule has 1 aromatic heterocycles. The number of piperidine rings is 1. The number of aliphatic hydroxyl groups is 1. The second-order valence-corrected chi connectivity index (χ2v) is 10.1. The van der Waals surface area contributed by atoms with Gasteiger partial charge < -0.3 is 19.3 Å². The number of hydrogen-bond donors (Lipinski definition) is 1. The van der Waals surface area contributed by atoms with E-state index < -0.39 is 22.0 Å². The Morgan fingerprint density at radius 2 is 1.70 bits per heavy atom. The molecule has 5 rings (SSSR count). The van der Waals surface area contributed by atoms with Crippen LogP contribution in [0, 0.1) is 15.5 Å². The normalized spacial score (nSPS) is 20.6. The zero-order valence-corrected chi connectivity index (χ0v) is 20.4. The van der Waals surface area contributed by atoms with Crippen LogP contribution < -0.4 is 10.3 Å². The third-order valence-corrected chi connectivity index (χ3v) is 7.88. The van der Waals surface area contributed by atoms with Crippen molar-refractivity contribution in [1.29, 1.82) is 0 Å². The molecule has 1 aliphatic carbocycles. The monoisotopic (exact) mass is 503 g/mol. The lowest BCUT2D eigenvalue weighted by Gasteiger charge is -2.52. The van der Waals surface area contributed by atoms with Crippen LogP contribution in [0.15, 0.2) is 77.7 Å². The molecule has 3 aromatic rings. The summed E-state index contributed by atoms with van der Waals surface area (Å²) in [6, 6.07) is 18.5. The van der Waals surface area contributed by atoms with Crippen LogP contribution in [0.5, 0.6) is 5.75 Å². The van der Waals surface area contributed by atoms with E-state index in [2.05, 4.69) is 0 Å². The van der Waals surface area contributed by atoms with E-state index in [1.807, 2.05) is 36.4 Å². The number of nitro benzene ring substituents is 1. The van der Waals surface area contributed by atoms with Crippen molar-refractivity contribution in [2.24, 2.45) is 5.41 Å². The topological polar surface area (TPSA) is 115 Å². The van der Waals surface area contributed by atoms with Crippen LogP contribution in [0.4, 0.5) is 10.5 Å². The Bertz CT molecular complexity index is 1350. The van der Waals surface area contributed by atoms with Gasteiger partial charge in [-0.25, -0.2) is 4.79 Å². The van der Waals surface area contributed by atoms with E-state index in [0.29, 0.717) is 13.0 Å². The van der Waals surface area contributed by atoms with Gasteiger partial charge in [0.2, 0.25) is 0 Å². The highest BCUT2D eigenvalue weighted by molar-refractivity contribution is 5.71. The fourth-order valence-electron chi connectivity index (χ4n) is 5.79. The van der Waals surface area contributed by atoms with Crippen molar-refractivity contribution in [3.05, 3.63) is 93.4 Å². The molecule has 1 N–H and O–H groups in total. The molecule has 9 heteroatoms. The summed E-state index contributed by atoms with van der Waals surface area (Å²) >= 11 is 0. The molecule has 1 atom stereocenters. The molecule has 37 heavy (non-hydrogen) atoms. The predicted octanol–water partition coefficient (Wildman–Crippen LogP) is 4.62. The van der Waals surface area contributed by atoms with Crippen LogP contribution in [-0.2, 0) is 6.54 Å². The standard InChI is InChI=1S/C28H29N3O6/c32-25-18-22(21-6-2-1-3-7-21)12-16-29(25)20-28(34)15-17-30(19-27(28)13-4-5-14-27)26(33)37-24-10-8-23(9-11-24)31(35)36/h1-3,6-12,16,18,34H,4-5,13-15,17,19-20H2. The van der Waals surface area contributed by atoms with Gasteiger partial charge >= 0.3 is 6.09 Å². The molecule has 192 valence electrons. The number of hydrogen-bond acceptors (Lipinski definition) is 6. The molecular weight excluding hydrogens is 474 g/mol. The smallest absolute Gasteiger partial charge is 0.410 e. The molecule has 1 aliphatic heterocycles. The fraction of sp³-hybridized carbons (Fsp3) is 0.357. The highest BCUT2D eigenvalue weighted by Gasteiger charge is 2.55. The fourth-order valence-corrected chi connectivity index (χ4v) is 5.79. The van der Waals surface area contributed by atoms with Crippen molar-refractivity contribution in [3.8, 4) is 16.9 Å². The van der Waals surface area contributed by atoms with Gasteiger partial charge in [-0.2, -0.15) is 0 Å². The summed E-state index contributed by atoms with van der Waals surface area (Å²) in [5.74, 6) is 0.224. The Labute approximate surface area is 214 Å². The van der Waals surface area contributed by atoms with Crippen LogP contribution in [-0.4, -0.2) is 44.3 Å². The van der Waals surface area contributed by atoms with Crippen LogP contribution in [0.1, 0.15) is 32.1 Å². The Morgan fingerprint density at radius 3 is 2.35 bits per heavy atom. The molecule has 1 spiro atoms. The van der Waals surface area contributed by atoms with E-state index in [1.54, 1.807) is 21.7 Å². The average Bonchev–Trinajstić information content (AvgIpc) is 3.38. The average molecular weight is 504 g/mol. The summed E-state index contributed by atoms with van der Waals surface area (Å²) in [6.45, 7) is 0.763. The van der Waals surface area contributed by atoms with Crippen molar-refractivity contribution in [2.45, 2.75) is 44.2 Å². The lowest BCUT2D eigenvalue weighted by atomic mass is 9.66. The molecule has 1 unspecified atom stereocenters. The van der Waals surface area contributed by atoms with Gasteiger partial charge in [-0.1, -0.05) is 43.2 Å². The largest absolute Gasteiger partial charge is 0.415 e. The lowest BCUT2D eigenvalue weighted by molar-refractivity contribution is -0.384. The van der Waals surface area contributed by atoms with Gasteiger partial charge in [-0.05, 0) is 48.6 Å². The molecule has 2 aliphatic rings.